The topological polar surface area (TPSA) is 67.8 Å². The molecule has 0 spiro atoms. The quantitative estimate of drug-likeness (QED) is 0.839. The smallest absolute Gasteiger partial charge is 0.286 e. The molecule has 0 aromatic heterocycles. The highest BCUT2D eigenvalue weighted by molar-refractivity contribution is 8.18. The van der Waals surface area contributed by atoms with Crippen LogP contribution in [0.1, 0.15) is 19.4 Å². The van der Waals surface area contributed by atoms with Gasteiger partial charge in [0.05, 0.1) is 21.6 Å². The molecule has 0 fully saturated rings. The molecule has 1 aromatic carbocycles. The Balaban J connectivity index is 2.24. The van der Waals surface area contributed by atoms with E-state index < -0.39 is 5.91 Å². The monoisotopic (exact) mass is 358 g/mol. The number of hydrogen-bond acceptors (Lipinski definition) is 4. The van der Waals surface area contributed by atoms with Gasteiger partial charge in [0.25, 0.3) is 5.91 Å². The van der Waals surface area contributed by atoms with Crippen LogP contribution in [0.3, 0.4) is 0 Å². The first-order chi connectivity index (χ1) is 10.4. The molecule has 116 valence electrons. The zero-order chi connectivity index (χ0) is 16.3. The Morgan fingerprint density at radius 2 is 2.05 bits per heavy atom. The summed E-state index contributed by atoms with van der Waals surface area (Å²) >= 11 is 13.3. The second kappa shape index (κ2) is 7.17. The van der Waals surface area contributed by atoms with Crippen LogP contribution in [0.2, 0.25) is 10.0 Å². The van der Waals surface area contributed by atoms with Gasteiger partial charge in [-0.15, -0.1) is 0 Å². The van der Waals surface area contributed by atoms with E-state index in [0.29, 0.717) is 32.9 Å². The Hall–Kier alpha value is -1.50. The fourth-order valence-corrected chi connectivity index (χ4v) is 3.18. The van der Waals surface area contributed by atoms with Crippen molar-refractivity contribution in [1.29, 1.82) is 0 Å². The third kappa shape index (κ3) is 4.03. The molecule has 2 amide bonds. The summed E-state index contributed by atoms with van der Waals surface area (Å²) in [5.74, 6) is -0.295. The van der Waals surface area contributed by atoms with Gasteiger partial charge in [-0.3, -0.25) is 9.59 Å². The van der Waals surface area contributed by atoms with E-state index in [1.807, 2.05) is 6.92 Å². The van der Waals surface area contributed by atoms with Crippen molar-refractivity contribution in [2.75, 3.05) is 6.61 Å². The first-order valence-electron chi connectivity index (χ1n) is 6.32. The first-order valence-corrected chi connectivity index (χ1v) is 7.90. The van der Waals surface area contributed by atoms with Crippen LogP contribution in [-0.4, -0.2) is 23.6 Å². The summed E-state index contributed by atoms with van der Waals surface area (Å²) in [6.45, 7) is 3.63. The Bertz CT molecular complexity index is 678. The number of halogens is 2. The van der Waals surface area contributed by atoms with Crippen molar-refractivity contribution in [3.05, 3.63) is 32.6 Å². The van der Waals surface area contributed by atoms with E-state index in [-0.39, 0.29) is 11.1 Å². The van der Waals surface area contributed by atoms with Crippen molar-refractivity contribution in [1.82, 2.24) is 5.32 Å². The molecule has 1 aromatic rings. The number of carbonyl (C=O) groups is 2. The number of ether oxygens (including phenoxy) is 1. The zero-order valence-corrected chi connectivity index (χ0v) is 14.1. The van der Waals surface area contributed by atoms with Crippen molar-refractivity contribution in [2.24, 2.45) is 4.99 Å². The minimum absolute atomic E-state index is 0.256. The van der Waals surface area contributed by atoms with Crippen LogP contribution in [0.5, 0.6) is 5.75 Å². The number of carbonyl (C=O) groups excluding carboxylic acids is 2. The Kier molecular flexibility index (Phi) is 5.50. The highest BCUT2D eigenvalue weighted by Gasteiger charge is 2.22. The van der Waals surface area contributed by atoms with Gasteiger partial charge in [-0.25, -0.2) is 0 Å². The van der Waals surface area contributed by atoms with Crippen LogP contribution in [0, 0.1) is 0 Å². The average Bonchev–Trinajstić information content (AvgIpc) is 2.73. The highest BCUT2D eigenvalue weighted by atomic mass is 35.5. The fourth-order valence-electron chi connectivity index (χ4n) is 1.71. The lowest BCUT2D eigenvalue weighted by Crippen LogP contribution is -2.23. The maximum atomic E-state index is 11.8. The lowest BCUT2D eigenvalue weighted by atomic mass is 10.2. The van der Waals surface area contributed by atoms with E-state index in [1.165, 1.54) is 6.92 Å². The summed E-state index contributed by atoms with van der Waals surface area (Å²) in [7, 11) is 0. The van der Waals surface area contributed by atoms with Crippen molar-refractivity contribution in [3.63, 3.8) is 0 Å². The third-order valence-electron chi connectivity index (χ3n) is 2.51. The van der Waals surface area contributed by atoms with Gasteiger partial charge in [-0.2, -0.15) is 4.99 Å². The van der Waals surface area contributed by atoms with Crippen molar-refractivity contribution < 1.29 is 14.3 Å². The van der Waals surface area contributed by atoms with Crippen LogP contribution < -0.4 is 10.1 Å². The zero-order valence-electron chi connectivity index (χ0n) is 11.8. The SMILES string of the molecule is CCOc1c(Cl)cc(/C=C2/SC(NC(C)=O)=NC2=O)cc1Cl. The number of benzene rings is 1. The summed E-state index contributed by atoms with van der Waals surface area (Å²) in [4.78, 5) is 26.9. The average molecular weight is 359 g/mol. The lowest BCUT2D eigenvalue weighted by molar-refractivity contribution is -0.117. The number of thioether (sulfide) groups is 1. The molecule has 0 aliphatic carbocycles. The van der Waals surface area contributed by atoms with Gasteiger partial charge in [0.2, 0.25) is 5.91 Å². The maximum absolute atomic E-state index is 11.8. The lowest BCUT2D eigenvalue weighted by Gasteiger charge is -2.09. The van der Waals surface area contributed by atoms with Crippen molar-refractivity contribution in [2.45, 2.75) is 13.8 Å². The molecule has 1 N–H and O–H groups in total. The Labute approximate surface area is 141 Å². The molecule has 5 nitrogen and oxygen atoms in total. The second-order valence-corrected chi connectivity index (χ2v) is 6.11. The van der Waals surface area contributed by atoms with Gasteiger partial charge >= 0.3 is 0 Å². The van der Waals surface area contributed by atoms with Crippen molar-refractivity contribution in [3.8, 4) is 5.75 Å². The van der Waals surface area contributed by atoms with Gasteiger partial charge in [-0.1, -0.05) is 23.2 Å². The number of aliphatic imine (C=N–C) groups is 1. The maximum Gasteiger partial charge on any atom is 0.286 e. The van der Waals surface area contributed by atoms with E-state index in [9.17, 15) is 9.59 Å². The van der Waals surface area contributed by atoms with Gasteiger partial charge in [0.15, 0.2) is 10.9 Å². The summed E-state index contributed by atoms with van der Waals surface area (Å²) in [6.07, 6.45) is 1.61. The first kappa shape index (κ1) is 16.9. The summed E-state index contributed by atoms with van der Waals surface area (Å²) in [5.41, 5.74) is 0.647. The molecule has 0 bridgehead atoms. The van der Waals surface area contributed by atoms with Gasteiger partial charge < -0.3 is 10.1 Å². The molecule has 22 heavy (non-hydrogen) atoms. The third-order valence-corrected chi connectivity index (χ3v) is 3.97. The van der Waals surface area contributed by atoms with Crippen LogP contribution in [0.15, 0.2) is 22.0 Å². The predicted octanol–water partition coefficient (Wildman–Crippen LogP) is 3.50. The molecule has 0 saturated heterocycles. The summed E-state index contributed by atoms with van der Waals surface area (Å²) < 4.78 is 5.35. The second-order valence-electron chi connectivity index (χ2n) is 4.26. The molecular weight excluding hydrogens is 347 g/mol. The van der Waals surface area contributed by atoms with E-state index >= 15 is 0 Å². The van der Waals surface area contributed by atoms with Crippen LogP contribution in [0.25, 0.3) is 6.08 Å². The van der Waals surface area contributed by atoms with Crippen LogP contribution in [0.4, 0.5) is 0 Å². The van der Waals surface area contributed by atoms with E-state index in [0.717, 1.165) is 11.8 Å². The molecule has 2 rings (SSSR count). The van der Waals surface area contributed by atoms with E-state index in [1.54, 1.807) is 18.2 Å². The van der Waals surface area contributed by atoms with Gasteiger partial charge in [-0.05, 0) is 42.5 Å². The normalized spacial score (nSPS) is 15.9. The molecule has 0 atom stereocenters. The molecule has 1 heterocycles. The van der Waals surface area contributed by atoms with Crippen molar-refractivity contribution >= 4 is 58.0 Å². The predicted molar refractivity (Wildman–Crippen MR) is 89.5 cm³/mol. The molecular formula is C14H12Cl2N2O3S. The Morgan fingerprint density at radius 1 is 1.41 bits per heavy atom. The van der Waals surface area contributed by atoms with Gasteiger partial charge in [0, 0.05) is 6.92 Å². The van der Waals surface area contributed by atoms with E-state index in [2.05, 4.69) is 10.3 Å². The molecule has 1 aliphatic rings. The number of hydrogen-bond donors (Lipinski definition) is 1. The highest BCUT2D eigenvalue weighted by Crippen LogP contribution is 2.36. The fraction of sp³-hybridized carbons (Fsp3) is 0.214. The standard InChI is InChI=1S/C14H12Cl2N2O3S/c1-3-21-12-9(15)4-8(5-10(12)16)6-11-13(20)18-14(22-11)17-7(2)19/h4-6H,3H2,1-2H3,(H,17,18,19,20)/b11-6+. The number of nitrogens with one attached hydrogen (secondary N) is 1. The summed E-state index contributed by atoms with van der Waals surface area (Å²) in [6, 6.07) is 3.30. The number of amides is 2. The Morgan fingerprint density at radius 3 is 2.59 bits per heavy atom. The minimum Gasteiger partial charge on any atom is -0.491 e. The molecule has 0 radical (unpaired) electrons. The molecule has 1 aliphatic heterocycles. The van der Waals surface area contributed by atoms with E-state index in [4.69, 9.17) is 27.9 Å². The minimum atomic E-state index is -0.421. The van der Waals surface area contributed by atoms with Gasteiger partial charge in [0.1, 0.15) is 0 Å². The van der Waals surface area contributed by atoms with Crippen LogP contribution >= 0.6 is 35.0 Å². The molecule has 0 unspecified atom stereocenters. The number of amidine groups is 1. The largest absolute Gasteiger partial charge is 0.491 e. The summed E-state index contributed by atoms with van der Waals surface area (Å²) in [5, 5.41) is 3.45. The van der Waals surface area contributed by atoms with Crippen LogP contribution in [-0.2, 0) is 9.59 Å². The number of nitrogens with zero attached hydrogens (tertiary/aromatic N) is 1. The number of rotatable bonds is 3. The molecule has 0 saturated carbocycles. The molecule has 8 heteroatoms.